The van der Waals surface area contributed by atoms with Crippen LogP contribution >= 0.6 is 0 Å². The topological polar surface area (TPSA) is 29.3 Å². The van der Waals surface area contributed by atoms with Crippen molar-refractivity contribution in [2.24, 2.45) is 5.92 Å². The molecule has 1 fully saturated rings. The number of nitrogens with two attached hydrogens (primary N) is 1. The van der Waals surface area contributed by atoms with E-state index in [4.69, 9.17) is 5.73 Å². The highest BCUT2D eigenvalue weighted by molar-refractivity contribution is 5.56. The van der Waals surface area contributed by atoms with E-state index >= 15 is 0 Å². The van der Waals surface area contributed by atoms with Crippen molar-refractivity contribution in [3.8, 4) is 0 Å². The molecule has 1 heterocycles. The Hall–Kier alpha value is -1.18. The maximum Gasteiger partial charge on any atom is 0.0386 e. The molecule has 0 amide bonds. The fraction of sp³-hybridized carbons (Fsp3) is 0.455. The Labute approximate surface area is 79.4 Å². The minimum Gasteiger partial charge on any atom is -0.399 e. The molecule has 1 aliphatic heterocycles. The van der Waals surface area contributed by atoms with Gasteiger partial charge in [-0.2, -0.15) is 0 Å². The number of rotatable bonds is 1. The molecule has 70 valence electrons. The van der Waals surface area contributed by atoms with Gasteiger partial charge in [0, 0.05) is 24.5 Å². The molecule has 1 saturated heterocycles. The van der Waals surface area contributed by atoms with Gasteiger partial charge in [0.1, 0.15) is 0 Å². The number of hydrogen-bond acceptors (Lipinski definition) is 2. The van der Waals surface area contributed by atoms with Gasteiger partial charge < -0.3 is 10.6 Å². The lowest BCUT2D eigenvalue weighted by molar-refractivity contribution is 0.659. The summed E-state index contributed by atoms with van der Waals surface area (Å²) in [6.07, 6.45) is 1.30. The standard InChI is InChI=1S/C11H16N2/c1-9-5-6-13(8-9)11-4-2-3-10(12)7-11/h2-4,7,9H,5-6,8,12H2,1H3/t9-/m0/s1. The molecule has 2 nitrogen and oxygen atoms in total. The molecule has 1 aromatic rings. The van der Waals surface area contributed by atoms with Crippen LogP contribution in [0.5, 0.6) is 0 Å². The third-order valence-corrected chi connectivity index (χ3v) is 2.66. The maximum atomic E-state index is 5.73. The maximum absolute atomic E-state index is 5.73. The molecule has 0 unspecified atom stereocenters. The van der Waals surface area contributed by atoms with Crippen molar-refractivity contribution in [1.82, 2.24) is 0 Å². The van der Waals surface area contributed by atoms with Gasteiger partial charge in [-0.1, -0.05) is 13.0 Å². The molecular formula is C11H16N2. The Morgan fingerprint density at radius 2 is 2.31 bits per heavy atom. The molecule has 1 aliphatic rings. The van der Waals surface area contributed by atoms with Crippen LogP contribution in [-0.4, -0.2) is 13.1 Å². The summed E-state index contributed by atoms with van der Waals surface area (Å²) in [7, 11) is 0. The molecular weight excluding hydrogens is 160 g/mol. The van der Waals surface area contributed by atoms with Gasteiger partial charge in [0.15, 0.2) is 0 Å². The highest BCUT2D eigenvalue weighted by Crippen LogP contribution is 2.24. The lowest BCUT2D eigenvalue weighted by Crippen LogP contribution is -2.18. The molecule has 0 radical (unpaired) electrons. The SMILES string of the molecule is C[C@H]1CCN(c2cccc(N)c2)C1. The van der Waals surface area contributed by atoms with Crippen LogP contribution < -0.4 is 10.6 Å². The number of anilines is 2. The van der Waals surface area contributed by atoms with Gasteiger partial charge >= 0.3 is 0 Å². The summed E-state index contributed by atoms with van der Waals surface area (Å²) in [4.78, 5) is 2.40. The second-order valence-electron chi connectivity index (χ2n) is 3.93. The molecule has 0 aliphatic carbocycles. The van der Waals surface area contributed by atoms with E-state index in [1.807, 2.05) is 12.1 Å². The van der Waals surface area contributed by atoms with Crippen molar-refractivity contribution in [2.75, 3.05) is 23.7 Å². The Bertz CT molecular complexity index is 296. The number of hydrogen-bond donors (Lipinski definition) is 1. The summed E-state index contributed by atoms with van der Waals surface area (Å²) >= 11 is 0. The van der Waals surface area contributed by atoms with E-state index in [9.17, 15) is 0 Å². The van der Waals surface area contributed by atoms with Crippen LogP contribution in [0.15, 0.2) is 24.3 Å². The summed E-state index contributed by atoms with van der Waals surface area (Å²) in [6.45, 7) is 4.64. The summed E-state index contributed by atoms with van der Waals surface area (Å²) < 4.78 is 0. The first-order chi connectivity index (χ1) is 6.25. The first-order valence-corrected chi connectivity index (χ1v) is 4.86. The van der Waals surface area contributed by atoms with Crippen LogP contribution in [-0.2, 0) is 0 Å². The molecule has 2 heteroatoms. The first-order valence-electron chi connectivity index (χ1n) is 4.86. The van der Waals surface area contributed by atoms with Crippen LogP contribution in [0.25, 0.3) is 0 Å². The van der Waals surface area contributed by atoms with Crippen molar-refractivity contribution < 1.29 is 0 Å². The van der Waals surface area contributed by atoms with E-state index in [1.54, 1.807) is 0 Å². The van der Waals surface area contributed by atoms with E-state index in [-0.39, 0.29) is 0 Å². The molecule has 2 N–H and O–H groups in total. The molecule has 13 heavy (non-hydrogen) atoms. The Morgan fingerprint density at radius 1 is 1.46 bits per heavy atom. The minimum atomic E-state index is 0.821. The molecule has 2 rings (SSSR count). The largest absolute Gasteiger partial charge is 0.399 e. The Kier molecular flexibility index (Phi) is 2.13. The zero-order valence-electron chi connectivity index (χ0n) is 8.03. The normalized spacial score (nSPS) is 22.2. The number of nitrogens with zero attached hydrogens (tertiary/aromatic N) is 1. The lowest BCUT2D eigenvalue weighted by Gasteiger charge is -2.18. The smallest absolute Gasteiger partial charge is 0.0386 e. The summed E-state index contributed by atoms with van der Waals surface area (Å²) in [5, 5.41) is 0. The predicted octanol–water partition coefficient (Wildman–Crippen LogP) is 2.12. The monoisotopic (exact) mass is 176 g/mol. The highest BCUT2D eigenvalue weighted by Gasteiger charge is 2.18. The van der Waals surface area contributed by atoms with Crippen molar-refractivity contribution >= 4 is 11.4 Å². The molecule has 0 bridgehead atoms. The number of nitrogen functional groups attached to an aromatic ring is 1. The van der Waals surface area contributed by atoms with Crippen LogP contribution in [0, 0.1) is 5.92 Å². The highest BCUT2D eigenvalue weighted by atomic mass is 15.1. The van der Waals surface area contributed by atoms with Crippen molar-refractivity contribution in [1.29, 1.82) is 0 Å². The van der Waals surface area contributed by atoms with E-state index in [2.05, 4.69) is 24.0 Å². The second kappa shape index (κ2) is 3.29. The average Bonchev–Trinajstić information content (AvgIpc) is 2.52. The summed E-state index contributed by atoms with van der Waals surface area (Å²) in [5.74, 6) is 0.821. The first kappa shape index (κ1) is 8.42. The second-order valence-corrected chi connectivity index (χ2v) is 3.93. The molecule has 0 saturated carbocycles. The predicted molar refractivity (Wildman–Crippen MR) is 56.8 cm³/mol. The van der Waals surface area contributed by atoms with Crippen LogP contribution in [0.2, 0.25) is 0 Å². The average molecular weight is 176 g/mol. The van der Waals surface area contributed by atoms with Crippen LogP contribution in [0.1, 0.15) is 13.3 Å². The van der Waals surface area contributed by atoms with E-state index < -0.39 is 0 Å². The zero-order chi connectivity index (χ0) is 9.26. The molecule has 1 atom stereocenters. The van der Waals surface area contributed by atoms with Gasteiger partial charge in [-0.05, 0) is 30.5 Å². The van der Waals surface area contributed by atoms with E-state index in [0.29, 0.717) is 0 Å². The summed E-state index contributed by atoms with van der Waals surface area (Å²) in [5.41, 5.74) is 7.86. The fourth-order valence-corrected chi connectivity index (χ4v) is 1.89. The molecule has 0 aromatic heterocycles. The van der Waals surface area contributed by atoms with Gasteiger partial charge in [-0.3, -0.25) is 0 Å². The van der Waals surface area contributed by atoms with Crippen molar-refractivity contribution in [3.05, 3.63) is 24.3 Å². The van der Waals surface area contributed by atoms with Crippen molar-refractivity contribution in [3.63, 3.8) is 0 Å². The Morgan fingerprint density at radius 3 is 2.92 bits per heavy atom. The fourth-order valence-electron chi connectivity index (χ4n) is 1.89. The third kappa shape index (κ3) is 1.77. The molecule has 0 spiro atoms. The third-order valence-electron chi connectivity index (χ3n) is 2.66. The Balaban J connectivity index is 2.16. The van der Waals surface area contributed by atoms with Crippen molar-refractivity contribution in [2.45, 2.75) is 13.3 Å². The number of benzene rings is 1. The minimum absolute atomic E-state index is 0.821. The summed E-state index contributed by atoms with van der Waals surface area (Å²) in [6, 6.07) is 8.14. The van der Waals surface area contributed by atoms with E-state index in [1.165, 1.54) is 25.2 Å². The van der Waals surface area contributed by atoms with Gasteiger partial charge in [-0.15, -0.1) is 0 Å². The zero-order valence-corrected chi connectivity index (χ0v) is 8.03. The quantitative estimate of drug-likeness (QED) is 0.664. The lowest BCUT2D eigenvalue weighted by atomic mass is 10.2. The molecule has 1 aromatic carbocycles. The van der Waals surface area contributed by atoms with Crippen LogP contribution in [0.3, 0.4) is 0 Å². The van der Waals surface area contributed by atoms with Crippen LogP contribution in [0.4, 0.5) is 11.4 Å². The van der Waals surface area contributed by atoms with Gasteiger partial charge in [0.05, 0.1) is 0 Å². The van der Waals surface area contributed by atoms with Gasteiger partial charge in [-0.25, -0.2) is 0 Å². The van der Waals surface area contributed by atoms with Gasteiger partial charge in [0.2, 0.25) is 0 Å². The van der Waals surface area contributed by atoms with Gasteiger partial charge in [0.25, 0.3) is 0 Å². The van der Waals surface area contributed by atoms with E-state index in [0.717, 1.165) is 11.6 Å².